The lowest BCUT2D eigenvalue weighted by molar-refractivity contribution is -0.274. The van der Waals surface area contributed by atoms with Gasteiger partial charge in [0, 0.05) is 31.0 Å². The van der Waals surface area contributed by atoms with Gasteiger partial charge in [0.05, 0.1) is 0 Å². The SMILES string of the molecule is FC(F)(F)Oc1ccc(CNCC2C=NSC2)cc1. The fourth-order valence-electron chi connectivity index (χ4n) is 1.63. The van der Waals surface area contributed by atoms with Crippen LogP contribution in [-0.2, 0) is 6.54 Å². The summed E-state index contributed by atoms with van der Waals surface area (Å²) in [5, 5.41) is 3.24. The summed E-state index contributed by atoms with van der Waals surface area (Å²) >= 11 is 1.54. The van der Waals surface area contributed by atoms with Crippen LogP contribution in [0.15, 0.2) is 28.7 Å². The maximum Gasteiger partial charge on any atom is 0.573 e. The van der Waals surface area contributed by atoms with Crippen molar-refractivity contribution in [3.63, 3.8) is 0 Å². The monoisotopic (exact) mass is 290 g/mol. The van der Waals surface area contributed by atoms with Crippen molar-refractivity contribution < 1.29 is 17.9 Å². The molecule has 0 fully saturated rings. The second-order valence-corrected chi connectivity index (χ2v) is 4.94. The summed E-state index contributed by atoms with van der Waals surface area (Å²) in [7, 11) is 0. The molecule has 0 radical (unpaired) electrons. The molecule has 0 aromatic heterocycles. The molecule has 1 unspecified atom stereocenters. The molecule has 0 amide bonds. The summed E-state index contributed by atoms with van der Waals surface area (Å²) in [4.78, 5) is 0. The Kier molecular flexibility index (Phi) is 4.71. The smallest absolute Gasteiger partial charge is 0.406 e. The Morgan fingerprint density at radius 1 is 1.32 bits per heavy atom. The van der Waals surface area contributed by atoms with Crippen molar-refractivity contribution in [2.24, 2.45) is 10.3 Å². The predicted molar refractivity (Wildman–Crippen MR) is 69.3 cm³/mol. The Morgan fingerprint density at radius 3 is 2.63 bits per heavy atom. The first kappa shape index (κ1) is 14.2. The molecule has 19 heavy (non-hydrogen) atoms. The second-order valence-electron chi connectivity index (χ2n) is 4.13. The standard InChI is InChI=1S/C12H13F3N2OS/c13-12(14,15)18-11-3-1-9(2-4-11)5-16-6-10-7-17-19-8-10/h1-4,7,10,16H,5-6,8H2. The topological polar surface area (TPSA) is 33.6 Å². The van der Waals surface area contributed by atoms with E-state index >= 15 is 0 Å². The molecule has 1 heterocycles. The molecule has 7 heteroatoms. The van der Waals surface area contributed by atoms with Crippen LogP contribution in [0.25, 0.3) is 0 Å². The zero-order valence-electron chi connectivity index (χ0n) is 9.98. The van der Waals surface area contributed by atoms with Gasteiger partial charge in [-0.1, -0.05) is 12.1 Å². The van der Waals surface area contributed by atoms with E-state index in [4.69, 9.17) is 0 Å². The van der Waals surface area contributed by atoms with Crippen LogP contribution in [-0.4, -0.2) is 24.9 Å². The van der Waals surface area contributed by atoms with Gasteiger partial charge in [0.15, 0.2) is 0 Å². The van der Waals surface area contributed by atoms with Gasteiger partial charge in [0.2, 0.25) is 0 Å². The third-order valence-corrected chi connectivity index (χ3v) is 3.38. The third kappa shape index (κ3) is 5.12. The Morgan fingerprint density at radius 2 is 2.05 bits per heavy atom. The van der Waals surface area contributed by atoms with E-state index in [1.165, 1.54) is 12.1 Å². The van der Waals surface area contributed by atoms with Crippen LogP contribution in [0.4, 0.5) is 13.2 Å². The molecule has 0 spiro atoms. The molecule has 1 aliphatic heterocycles. The van der Waals surface area contributed by atoms with Crippen molar-refractivity contribution in [3.8, 4) is 5.75 Å². The van der Waals surface area contributed by atoms with Gasteiger partial charge in [0.1, 0.15) is 5.75 Å². The van der Waals surface area contributed by atoms with E-state index in [1.54, 1.807) is 24.1 Å². The summed E-state index contributed by atoms with van der Waals surface area (Å²) < 4.78 is 43.8. The molecule has 0 aliphatic carbocycles. The lowest BCUT2D eigenvalue weighted by atomic mass is 10.2. The number of nitrogens with one attached hydrogen (secondary N) is 1. The van der Waals surface area contributed by atoms with Crippen molar-refractivity contribution in [2.45, 2.75) is 12.9 Å². The highest BCUT2D eigenvalue weighted by Gasteiger charge is 2.30. The molecule has 1 aromatic rings. The van der Waals surface area contributed by atoms with Crippen LogP contribution in [0.2, 0.25) is 0 Å². The Hall–Kier alpha value is -1.21. The number of benzene rings is 1. The minimum atomic E-state index is -4.64. The molecule has 0 saturated heterocycles. The van der Waals surface area contributed by atoms with Gasteiger partial charge in [-0.25, -0.2) is 4.40 Å². The van der Waals surface area contributed by atoms with Crippen LogP contribution >= 0.6 is 11.9 Å². The normalized spacial score (nSPS) is 18.8. The largest absolute Gasteiger partial charge is 0.573 e. The maximum absolute atomic E-state index is 12.0. The van der Waals surface area contributed by atoms with E-state index < -0.39 is 6.36 Å². The first-order valence-electron chi connectivity index (χ1n) is 5.74. The number of ether oxygens (including phenoxy) is 1. The first-order chi connectivity index (χ1) is 9.03. The number of rotatable bonds is 5. The molecular weight excluding hydrogens is 277 g/mol. The van der Waals surface area contributed by atoms with Crippen LogP contribution in [0.1, 0.15) is 5.56 Å². The lowest BCUT2D eigenvalue weighted by Gasteiger charge is -2.10. The second kappa shape index (κ2) is 6.29. The molecule has 1 aliphatic rings. The Labute approximate surface area is 113 Å². The van der Waals surface area contributed by atoms with Gasteiger partial charge in [-0.05, 0) is 29.6 Å². The van der Waals surface area contributed by atoms with Crippen molar-refractivity contribution >= 4 is 18.2 Å². The molecule has 0 saturated carbocycles. The van der Waals surface area contributed by atoms with Crippen molar-refractivity contribution in [1.82, 2.24) is 5.32 Å². The van der Waals surface area contributed by atoms with Gasteiger partial charge >= 0.3 is 6.36 Å². The van der Waals surface area contributed by atoms with Gasteiger partial charge in [-0.3, -0.25) is 0 Å². The summed E-state index contributed by atoms with van der Waals surface area (Å²) in [5.41, 5.74) is 0.914. The molecule has 2 rings (SSSR count). The Balaban J connectivity index is 1.76. The predicted octanol–water partition coefficient (Wildman–Crippen LogP) is 3.02. The van der Waals surface area contributed by atoms with Crippen LogP contribution in [0.3, 0.4) is 0 Å². The number of hydrogen-bond donors (Lipinski definition) is 1. The van der Waals surface area contributed by atoms with Gasteiger partial charge < -0.3 is 10.1 Å². The van der Waals surface area contributed by atoms with E-state index in [-0.39, 0.29) is 5.75 Å². The fraction of sp³-hybridized carbons (Fsp3) is 0.417. The number of alkyl halides is 3. The lowest BCUT2D eigenvalue weighted by Crippen LogP contribution is -2.23. The highest BCUT2D eigenvalue weighted by Crippen LogP contribution is 2.22. The summed E-state index contributed by atoms with van der Waals surface area (Å²) in [6.45, 7) is 1.43. The zero-order valence-corrected chi connectivity index (χ0v) is 10.8. The molecule has 1 atom stereocenters. The first-order valence-corrected chi connectivity index (χ1v) is 6.68. The molecular formula is C12H13F3N2OS. The zero-order chi connectivity index (χ0) is 13.7. The third-order valence-electron chi connectivity index (χ3n) is 2.53. The fourth-order valence-corrected chi connectivity index (χ4v) is 2.37. The molecule has 104 valence electrons. The van der Waals surface area contributed by atoms with E-state index in [1.807, 2.05) is 6.21 Å². The number of halogens is 3. The number of hydrogen-bond acceptors (Lipinski definition) is 4. The van der Waals surface area contributed by atoms with E-state index in [0.29, 0.717) is 12.5 Å². The quantitative estimate of drug-likeness (QED) is 0.846. The minimum absolute atomic E-state index is 0.199. The average molecular weight is 290 g/mol. The van der Waals surface area contributed by atoms with Crippen LogP contribution < -0.4 is 10.1 Å². The average Bonchev–Trinajstić information content (AvgIpc) is 2.82. The van der Waals surface area contributed by atoms with Gasteiger partial charge in [-0.2, -0.15) is 0 Å². The van der Waals surface area contributed by atoms with Gasteiger partial charge in [-0.15, -0.1) is 13.2 Å². The molecule has 1 aromatic carbocycles. The summed E-state index contributed by atoms with van der Waals surface area (Å²) in [6, 6.07) is 5.87. The molecule has 1 N–H and O–H groups in total. The molecule has 0 bridgehead atoms. The van der Waals surface area contributed by atoms with E-state index in [0.717, 1.165) is 17.9 Å². The Bertz CT molecular complexity index is 434. The van der Waals surface area contributed by atoms with Crippen LogP contribution in [0.5, 0.6) is 5.75 Å². The highest BCUT2D eigenvalue weighted by molar-refractivity contribution is 7.98. The van der Waals surface area contributed by atoms with E-state index in [9.17, 15) is 13.2 Å². The summed E-state index contributed by atoms with van der Waals surface area (Å²) in [5.74, 6) is 1.21. The summed E-state index contributed by atoms with van der Waals surface area (Å²) in [6.07, 6.45) is -2.73. The van der Waals surface area contributed by atoms with Crippen molar-refractivity contribution in [1.29, 1.82) is 0 Å². The van der Waals surface area contributed by atoms with Crippen molar-refractivity contribution in [3.05, 3.63) is 29.8 Å². The highest BCUT2D eigenvalue weighted by atomic mass is 32.2. The van der Waals surface area contributed by atoms with E-state index in [2.05, 4.69) is 14.5 Å². The van der Waals surface area contributed by atoms with Crippen LogP contribution in [0, 0.1) is 5.92 Å². The minimum Gasteiger partial charge on any atom is -0.406 e. The maximum atomic E-state index is 12.0. The number of nitrogens with zero attached hydrogens (tertiary/aromatic N) is 1. The van der Waals surface area contributed by atoms with Gasteiger partial charge in [0.25, 0.3) is 0 Å². The molecule has 3 nitrogen and oxygen atoms in total. The van der Waals surface area contributed by atoms with Crippen molar-refractivity contribution in [2.75, 3.05) is 12.3 Å².